The van der Waals surface area contributed by atoms with E-state index in [0.717, 1.165) is 36.5 Å². The zero-order chi connectivity index (χ0) is 21.7. The summed E-state index contributed by atoms with van der Waals surface area (Å²) in [4.78, 5) is 0. The van der Waals surface area contributed by atoms with E-state index >= 15 is 0 Å². The first-order valence-electron chi connectivity index (χ1n) is 13.3. The fourth-order valence-electron chi connectivity index (χ4n) is 8.42. The Balaban J connectivity index is 1.52. The van der Waals surface area contributed by atoms with Gasteiger partial charge in [0.25, 0.3) is 0 Å². The number of aliphatic hydroxyl groups is 1. The van der Waals surface area contributed by atoms with Crippen LogP contribution in [0.25, 0.3) is 0 Å². The van der Waals surface area contributed by atoms with Crippen LogP contribution in [0.5, 0.6) is 0 Å². The van der Waals surface area contributed by atoms with Crippen LogP contribution in [-0.2, 0) is 0 Å². The minimum absolute atomic E-state index is 0.0483. The van der Waals surface area contributed by atoms with Crippen LogP contribution >= 0.6 is 0 Å². The maximum atomic E-state index is 10.3. The van der Waals surface area contributed by atoms with Gasteiger partial charge in [-0.3, -0.25) is 0 Å². The lowest BCUT2D eigenvalue weighted by molar-refractivity contribution is 0.0224. The zero-order valence-corrected chi connectivity index (χ0v) is 20.8. The molecule has 1 heteroatoms. The molecule has 5 unspecified atom stereocenters. The fraction of sp³-hybridized carbons (Fsp3) is 0.862. The molecule has 0 aromatic rings. The van der Waals surface area contributed by atoms with Gasteiger partial charge in [-0.05, 0) is 109 Å². The van der Waals surface area contributed by atoms with Gasteiger partial charge in [0.2, 0.25) is 0 Å². The molecule has 0 heterocycles. The average Bonchev–Trinajstić information content (AvgIpc) is 3.06. The minimum atomic E-state index is -0.0483. The number of allylic oxidation sites excluding steroid dienone is 4. The highest BCUT2D eigenvalue weighted by molar-refractivity contribution is 5.49. The zero-order valence-electron chi connectivity index (χ0n) is 20.8. The second-order valence-corrected chi connectivity index (χ2v) is 12.4. The van der Waals surface area contributed by atoms with E-state index in [1.165, 1.54) is 57.8 Å². The summed E-state index contributed by atoms with van der Waals surface area (Å²) in [6.45, 7) is 14.9. The second-order valence-electron chi connectivity index (χ2n) is 12.4. The SMILES string of the molecule is CCC(CCC(C)C1CC=C2C3=C(CCC21C)C1(C)CC[C@H](O)C[C@@H]1CC3)C(C)C. The lowest BCUT2D eigenvalue weighted by Gasteiger charge is -2.54. The van der Waals surface area contributed by atoms with Crippen molar-refractivity contribution < 1.29 is 5.11 Å². The van der Waals surface area contributed by atoms with Crippen LogP contribution < -0.4 is 0 Å². The molecular formula is C29H48O. The summed E-state index contributed by atoms with van der Waals surface area (Å²) in [5, 5.41) is 10.3. The molecule has 0 aromatic heterocycles. The maximum absolute atomic E-state index is 10.3. The normalized spacial score (nSPS) is 40.5. The number of rotatable bonds is 6. The van der Waals surface area contributed by atoms with Crippen molar-refractivity contribution in [3.05, 3.63) is 22.8 Å². The molecule has 0 spiro atoms. The quantitative estimate of drug-likeness (QED) is 0.467. The number of hydrogen-bond donors (Lipinski definition) is 1. The molecule has 1 saturated carbocycles. The van der Waals surface area contributed by atoms with Gasteiger partial charge in [-0.1, -0.05) is 66.0 Å². The molecule has 0 bridgehead atoms. The predicted molar refractivity (Wildman–Crippen MR) is 128 cm³/mol. The van der Waals surface area contributed by atoms with E-state index in [1.54, 1.807) is 11.1 Å². The number of aliphatic hydroxyl groups excluding tert-OH is 1. The van der Waals surface area contributed by atoms with Crippen LogP contribution in [0, 0.1) is 40.4 Å². The highest BCUT2D eigenvalue weighted by atomic mass is 16.3. The summed E-state index contributed by atoms with van der Waals surface area (Å²) in [6, 6.07) is 0. The molecular weight excluding hydrogens is 364 g/mol. The Morgan fingerprint density at radius 1 is 1.03 bits per heavy atom. The van der Waals surface area contributed by atoms with Crippen molar-refractivity contribution in [2.75, 3.05) is 0 Å². The maximum Gasteiger partial charge on any atom is 0.0543 e. The summed E-state index contributed by atoms with van der Waals surface area (Å²) in [6.07, 6.45) is 16.6. The number of hydrogen-bond acceptors (Lipinski definition) is 1. The van der Waals surface area contributed by atoms with E-state index in [0.29, 0.717) is 16.7 Å². The summed E-state index contributed by atoms with van der Waals surface area (Å²) in [5.41, 5.74) is 6.14. The van der Waals surface area contributed by atoms with Gasteiger partial charge in [-0.25, -0.2) is 0 Å². The summed E-state index contributed by atoms with van der Waals surface area (Å²) in [7, 11) is 0. The van der Waals surface area contributed by atoms with E-state index in [1.807, 2.05) is 5.57 Å². The largest absolute Gasteiger partial charge is 0.393 e. The topological polar surface area (TPSA) is 20.2 Å². The van der Waals surface area contributed by atoms with Crippen LogP contribution in [-0.4, -0.2) is 11.2 Å². The minimum Gasteiger partial charge on any atom is -0.393 e. The summed E-state index contributed by atoms with van der Waals surface area (Å²) < 4.78 is 0. The predicted octanol–water partition coefficient (Wildman–Crippen LogP) is 8.09. The lowest BCUT2D eigenvalue weighted by Crippen LogP contribution is -2.44. The molecule has 170 valence electrons. The van der Waals surface area contributed by atoms with Gasteiger partial charge in [-0.2, -0.15) is 0 Å². The Kier molecular flexibility index (Phi) is 6.35. The van der Waals surface area contributed by atoms with E-state index in [-0.39, 0.29) is 6.10 Å². The molecule has 4 aliphatic rings. The molecule has 1 nitrogen and oxygen atoms in total. The van der Waals surface area contributed by atoms with Gasteiger partial charge >= 0.3 is 0 Å². The fourth-order valence-corrected chi connectivity index (χ4v) is 8.42. The summed E-state index contributed by atoms with van der Waals surface area (Å²) >= 11 is 0. The smallest absolute Gasteiger partial charge is 0.0543 e. The van der Waals surface area contributed by atoms with Gasteiger partial charge < -0.3 is 5.11 Å². The lowest BCUT2D eigenvalue weighted by atomic mass is 9.51. The molecule has 1 N–H and O–H groups in total. The second kappa shape index (κ2) is 8.42. The molecule has 0 aromatic carbocycles. The third-order valence-electron chi connectivity index (χ3n) is 10.6. The molecule has 0 amide bonds. The Bertz CT molecular complexity index is 699. The van der Waals surface area contributed by atoms with Gasteiger partial charge in [0.15, 0.2) is 0 Å². The first kappa shape index (κ1) is 22.6. The van der Waals surface area contributed by atoms with Gasteiger partial charge in [0.05, 0.1) is 6.10 Å². The van der Waals surface area contributed by atoms with E-state index in [4.69, 9.17) is 0 Å². The van der Waals surface area contributed by atoms with Gasteiger partial charge in [-0.15, -0.1) is 0 Å². The Labute approximate surface area is 186 Å². The molecule has 7 atom stereocenters. The van der Waals surface area contributed by atoms with Crippen LogP contribution in [0.15, 0.2) is 22.8 Å². The molecule has 0 radical (unpaired) electrons. The van der Waals surface area contributed by atoms with Crippen molar-refractivity contribution in [3.8, 4) is 0 Å². The monoisotopic (exact) mass is 412 g/mol. The van der Waals surface area contributed by atoms with Crippen molar-refractivity contribution in [2.45, 2.75) is 118 Å². The number of fused-ring (bicyclic) bond motifs is 4. The van der Waals surface area contributed by atoms with E-state index in [2.05, 4.69) is 47.6 Å². The highest BCUT2D eigenvalue weighted by Crippen LogP contribution is 2.64. The summed E-state index contributed by atoms with van der Waals surface area (Å²) in [5.74, 6) is 4.09. The first-order valence-corrected chi connectivity index (χ1v) is 13.3. The third kappa shape index (κ3) is 3.66. The van der Waals surface area contributed by atoms with Crippen molar-refractivity contribution >= 4 is 0 Å². The third-order valence-corrected chi connectivity index (χ3v) is 10.6. The molecule has 4 rings (SSSR count). The van der Waals surface area contributed by atoms with Crippen molar-refractivity contribution in [3.63, 3.8) is 0 Å². The van der Waals surface area contributed by atoms with Crippen molar-refractivity contribution in [1.29, 1.82) is 0 Å². The first-order chi connectivity index (χ1) is 14.2. The Morgan fingerprint density at radius 3 is 2.50 bits per heavy atom. The van der Waals surface area contributed by atoms with Crippen LogP contribution in [0.4, 0.5) is 0 Å². The van der Waals surface area contributed by atoms with E-state index < -0.39 is 0 Å². The molecule has 0 saturated heterocycles. The van der Waals surface area contributed by atoms with Gasteiger partial charge in [0.1, 0.15) is 0 Å². The highest BCUT2D eigenvalue weighted by Gasteiger charge is 2.52. The van der Waals surface area contributed by atoms with Crippen molar-refractivity contribution in [2.24, 2.45) is 40.4 Å². The Morgan fingerprint density at radius 2 is 1.80 bits per heavy atom. The molecule has 30 heavy (non-hydrogen) atoms. The average molecular weight is 413 g/mol. The van der Waals surface area contributed by atoms with E-state index in [9.17, 15) is 5.11 Å². The van der Waals surface area contributed by atoms with Crippen LogP contribution in [0.1, 0.15) is 112 Å². The van der Waals surface area contributed by atoms with Crippen LogP contribution in [0.3, 0.4) is 0 Å². The van der Waals surface area contributed by atoms with Crippen molar-refractivity contribution in [1.82, 2.24) is 0 Å². The Hall–Kier alpha value is -0.560. The molecule has 0 aliphatic heterocycles. The standard InChI is InChI=1S/C29H48O/c1-7-21(19(2)3)9-8-20(4)25-12-13-26-24-11-10-22-18-23(30)14-16-28(22,5)27(24)15-17-29(25,26)6/h13,19-23,25,30H,7-12,14-18H2,1-6H3/t20?,21?,22-,23-,25?,28?,29?/m0/s1. The molecule has 1 fully saturated rings. The van der Waals surface area contributed by atoms with Gasteiger partial charge in [0, 0.05) is 0 Å². The van der Waals surface area contributed by atoms with Crippen LogP contribution in [0.2, 0.25) is 0 Å². The molecule has 4 aliphatic carbocycles.